The van der Waals surface area contributed by atoms with E-state index in [0.29, 0.717) is 51.8 Å². The fraction of sp³-hybridized carbons (Fsp3) is 0.776. The van der Waals surface area contributed by atoms with E-state index in [1.165, 1.54) is 138 Å². The number of carbonyl (C=O) groups excluding carboxylic acids is 8. The molecule has 13 fully saturated rings. The number of ether oxygens (including phenoxy) is 7. The van der Waals surface area contributed by atoms with Crippen LogP contribution < -0.4 is 0 Å². The van der Waals surface area contributed by atoms with E-state index < -0.39 is 0 Å². The Morgan fingerprint density at radius 1 is 0.400 bits per heavy atom. The van der Waals surface area contributed by atoms with Gasteiger partial charge in [-0.2, -0.15) is 0 Å². The smallest absolute Gasteiger partial charge is 0.302 e. The molecule has 0 spiro atoms. The molecule has 17 nitrogen and oxygen atoms in total. The van der Waals surface area contributed by atoms with Gasteiger partial charge in [0.05, 0.1) is 12.2 Å². The quantitative estimate of drug-likeness (QED) is 0.0943. The van der Waals surface area contributed by atoms with Gasteiger partial charge in [0.15, 0.2) is 5.78 Å². The Morgan fingerprint density at radius 3 is 1.06 bits per heavy atom. The van der Waals surface area contributed by atoms with Crippen molar-refractivity contribution < 1.29 is 81.7 Å². The SMILES string of the molecule is C/C=C1/CCC2[C@@H](OC(C)=O)CCC[C@]12C.C/C=C1\C(=O)CC2[C@@H](OC(C)=O)CCC[C@]12C.C/C=C1\CCC2[C@@H](OC(C)=O)CCC[C@]12C.C/C=C1\CCC2[C@@H](OC(C)=O)CCC[C@]12C.C/C=C1\[C@H](O)CC2[C@@H](OC(C)=O)CCC[C@]12C.C=CC1[C@@H](O)CC2[C@@H](OC(C)=O)CCC[C@@]21C.CCC1=CCC2[C@@H](OC(C)=O)CCC[C@]12C. The molecular formula is C98H152O17. The van der Waals surface area contributed by atoms with Gasteiger partial charge in [0, 0.05) is 108 Å². The molecule has 0 aromatic heterocycles. The monoisotopic (exact) mass is 1600 g/mol. The highest BCUT2D eigenvalue weighted by Crippen LogP contribution is 2.62. The first kappa shape index (κ1) is 94.5. The molecule has 14 aliphatic carbocycles. The molecule has 8 unspecified atom stereocenters. The fourth-order valence-electron chi connectivity index (χ4n) is 26.5. The minimum absolute atomic E-state index is 0.0154. The molecule has 14 aliphatic rings. The van der Waals surface area contributed by atoms with Crippen molar-refractivity contribution in [2.45, 2.75) is 399 Å². The Kier molecular flexibility index (Phi) is 33.2. The van der Waals surface area contributed by atoms with Gasteiger partial charge in [0.25, 0.3) is 0 Å². The number of allylic oxidation sites excluding steroid dienone is 11. The highest BCUT2D eigenvalue weighted by atomic mass is 16.6. The maximum absolute atomic E-state index is 12.0. The lowest BCUT2D eigenvalue weighted by Crippen LogP contribution is -2.41. The van der Waals surface area contributed by atoms with Crippen LogP contribution in [0.25, 0.3) is 0 Å². The summed E-state index contributed by atoms with van der Waals surface area (Å²) in [5.74, 6) is 2.14. The number of fused-ring (bicyclic) bond motifs is 7. The van der Waals surface area contributed by atoms with Gasteiger partial charge in [0.1, 0.15) is 42.7 Å². The number of hydrogen-bond acceptors (Lipinski definition) is 17. The number of ketones is 1. The zero-order valence-corrected chi connectivity index (χ0v) is 74.7. The molecule has 0 aromatic rings. The zero-order valence-electron chi connectivity index (χ0n) is 74.7. The molecule has 646 valence electrons. The van der Waals surface area contributed by atoms with E-state index in [2.05, 4.69) is 107 Å². The lowest BCUT2D eigenvalue weighted by Gasteiger charge is -2.43. The van der Waals surface area contributed by atoms with Crippen LogP contribution in [0.3, 0.4) is 0 Å². The first-order valence-corrected chi connectivity index (χ1v) is 45.0. The lowest BCUT2D eigenvalue weighted by molar-refractivity contribution is -0.155. The van der Waals surface area contributed by atoms with Crippen molar-refractivity contribution >= 4 is 47.6 Å². The topological polar surface area (TPSA) is 242 Å². The molecule has 24 atom stereocenters. The summed E-state index contributed by atoms with van der Waals surface area (Å²) in [6.45, 7) is 42.9. The van der Waals surface area contributed by atoms with Crippen molar-refractivity contribution in [3.8, 4) is 0 Å². The highest BCUT2D eigenvalue weighted by Gasteiger charge is 2.58. The van der Waals surface area contributed by atoms with Crippen molar-refractivity contribution in [1.82, 2.24) is 0 Å². The van der Waals surface area contributed by atoms with Crippen molar-refractivity contribution in [2.75, 3.05) is 0 Å². The van der Waals surface area contributed by atoms with E-state index in [0.717, 1.165) is 120 Å². The van der Waals surface area contributed by atoms with E-state index >= 15 is 0 Å². The van der Waals surface area contributed by atoms with Crippen LogP contribution in [0.4, 0.5) is 0 Å². The first-order chi connectivity index (χ1) is 54.3. The maximum atomic E-state index is 12.0. The van der Waals surface area contributed by atoms with Gasteiger partial charge in [-0.05, 0) is 277 Å². The molecule has 17 heteroatoms. The normalized spacial score (nSPS) is 41.2. The van der Waals surface area contributed by atoms with E-state index in [-0.39, 0.29) is 142 Å². The van der Waals surface area contributed by atoms with Gasteiger partial charge in [0.2, 0.25) is 0 Å². The van der Waals surface area contributed by atoms with Crippen LogP contribution in [-0.2, 0) is 71.5 Å². The predicted octanol–water partition coefficient (Wildman–Crippen LogP) is 21.2. The number of hydrogen-bond donors (Lipinski definition) is 2. The van der Waals surface area contributed by atoms with Gasteiger partial charge in [-0.15, -0.1) is 6.58 Å². The van der Waals surface area contributed by atoms with Crippen molar-refractivity contribution in [2.24, 2.45) is 85.2 Å². The van der Waals surface area contributed by atoms with Crippen molar-refractivity contribution in [3.63, 3.8) is 0 Å². The minimum Gasteiger partial charge on any atom is -0.462 e. The van der Waals surface area contributed by atoms with Crippen LogP contribution in [0, 0.1) is 85.2 Å². The highest BCUT2D eigenvalue weighted by molar-refractivity contribution is 5.99. The molecule has 0 amide bonds. The Hall–Kier alpha value is -5.94. The summed E-state index contributed by atoms with van der Waals surface area (Å²) in [6, 6.07) is 0. The predicted molar refractivity (Wildman–Crippen MR) is 451 cm³/mol. The summed E-state index contributed by atoms with van der Waals surface area (Å²) >= 11 is 0. The van der Waals surface area contributed by atoms with Crippen LogP contribution in [-0.4, -0.2) is 113 Å². The largest absolute Gasteiger partial charge is 0.462 e. The van der Waals surface area contributed by atoms with Crippen LogP contribution in [0.5, 0.6) is 0 Å². The van der Waals surface area contributed by atoms with Crippen molar-refractivity contribution in [1.29, 1.82) is 0 Å². The van der Waals surface area contributed by atoms with E-state index in [1.54, 1.807) is 22.3 Å². The number of Topliss-reactive ketones (excluding diaryl/α,β-unsaturated/α-hetero) is 1. The fourth-order valence-corrected chi connectivity index (χ4v) is 26.5. The van der Waals surface area contributed by atoms with E-state index in [1.807, 2.05) is 32.1 Å². The average molecular weight is 1600 g/mol. The van der Waals surface area contributed by atoms with Gasteiger partial charge >= 0.3 is 41.8 Å². The molecule has 0 radical (unpaired) electrons. The van der Waals surface area contributed by atoms with Gasteiger partial charge < -0.3 is 43.4 Å². The summed E-state index contributed by atoms with van der Waals surface area (Å²) in [5.41, 5.74) is 9.57. The summed E-state index contributed by atoms with van der Waals surface area (Å²) in [5, 5.41) is 20.3. The standard InChI is InChI=1S/2C14H22O3.C14H20O3.4C14H22O2/c3*1-4-10-12(16)8-11-13(17-9(2)15)6-5-7-14(10,11)3;4*1-4-11-7-8-12-13(16-10(2)15)6-5-9-14(11,12)3/h4,11-13,16H,5-8H2,1-3H3;4,10-13,16H,1,5-8H2,2-3H3;4,11,13H,5-8H2,1-3H3;7,12-13H,4-6,8-9H2,1-3H3;3*4,12-13H,5-9H2,1-3H3/b10-4+;;10-4+;;2*11-4+;11-4-/t11?,12-,13+,14-;10?,11?,12-,13-,14+;11?,13-,14+;4*12?,13-,14+/m1000000/s1. The summed E-state index contributed by atoms with van der Waals surface area (Å²) < 4.78 is 38.2. The Morgan fingerprint density at radius 2 is 0.722 bits per heavy atom. The third kappa shape index (κ3) is 20.9. The van der Waals surface area contributed by atoms with Gasteiger partial charge in [-0.25, -0.2) is 0 Å². The van der Waals surface area contributed by atoms with Crippen molar-refractivity contribution in [3.05, 3.63) is 82.5 Å². The Bertz CT molecular complexity index is 3470. The first-order valence-electron chi connectivity index (χ1n) is 45.0. The average Bonchev–Trinajstić information content (AvgIpc) is 1.58. The molecular weight excluding hydrogens is 1450 g/mol. The molecule has 0 aromatic carbocycles. The van der Waals surface area contributed by atoms with E-state index in [4.69, 9.17) is 33.2 Å². The Labute approximate surface area is 692 Å². The minimum atomic E-state index is -0.355. The zero-order chi connectivity index (χ0) is 84.9. The van der Waals surface area contributed by atoms with Crippen LogP contribution in [0.1, 0.15) is 344 Å². The number of aliphatic hydroxyl groups is 2. The number of esters is 7. The third-order valence-corrected chi connectivity index (χ3v) is 31.9. The van der Waals surface area contributed by atoms with Crippen LogP contribution in [0.15, 0.2) is 82.5 Å². The Balaban J connectivity index is 0.000000168. The lowest BCUT2D eigenvalue weighted by atomic mass is 9.64. The second-order valence-electron chi connectivity index (χ2n) is 38.3. The van der Waals surface area contributed by atoms with Crippen LogP contribution in [0.2, 0.25) is 0 Å². The number of carbonyl (C=O) groups is 8. The second kappa shape index (κ2) is 40.4. The van der Waals surface area contributed by atoms with E-state index in [9.17, 15) is 48.6 Å². The molecule has 2 N–H and O–H groups in total. The van der Waals surface area contributed by atoms with Gasteiger partial charge in [-0.3, -0.25) is 38.4 Å². The molecule has 14 rings (SSSR count). The molecule has 115 heavy (non-hydrogen) atoms. The molecule has 13 saturated carbocycles. The molecule has 0 bridgehead atoms. The maximum Gasteiger partial charge on any atom is 0.302 e. The van der Waals surface area contributed by atoms with Gasteiger partial charge in [-0.1, -0.05) is 120 Å². The number of rotatable bonds is 9. The molecule has 0 aliphatic heterocycles. The third-order valence-electron chi connectivity index (χ3n) is 31.9. The summed E-state index contributed by atoms with van der Waals surface area (Å²) in [7, 11) is 0. The van der Waals surface area contributed by atoms with Crippen LogP contribution >= 0.6 is 0 Å². The second-order valence-corrected chi connectivity index (χ2v) is 38.3. The summed E-state index contributed by atoms with van der Waals surface area (Å²) in [6.07, 6.45) is 49.3. The molecule has 0 saturated heterocycles. The number of aliphatic hydroxyl groups excluding tert-OH is 2. The summed E-state index contributed by atoms with van der Waals surface area (Å²) in [4.78, 5) is 89.9. The molecule has 0 heterocycles.